The van der Waals surface area contributed by atoms with Crippen molar-refractivity contribution < 1.29 is 13.9 Å². The molecule has 0 saturated carbocycles. The van der Waals surface area contributed by atoms with Crippen LogP contribution in [0.5, 0.6) is 0 Å². The number of furan rings is 1. The Bertz CT molecular complexity index is 688. The molecule has 5 nitrogen and oxygen atoms in total. The Morgan fingerprint density at radius 1 is 1.16 bits per heavy atom. The Morgan fingerprint density at radius 3 is 2.92 bits per heavy atom. The van der Waals surface area contributed by atoms with Crippen molar-refractivity contribution in [2.75, 3.05) is 45.9 Å². The van der Waals surface area contributed by atoms with Crippen molar-refractivity contribution in [1.82, 2.24) is 9.80 Å². The van der Waals surface area contributed by atoms with E-state index >= 15 is 0 Å². The smallest absolute Gasteiger partial charge is 0.289 e. The van der Waals surface area contributed by atoms with E-state index in [0.717, 1.165) is 69.2 Å². The van der Waals surface area contributed by atoms with Gasteiger partial charge in [-0.15, -0.1) is 0 Å². The third-order valence-electron chi connectivity index (χ3n) is 5.39. The first kappa shape index (κ1) is 16.6. The van der Waals surface area contributed by atoms with Gasteiger partial charge >= 0.3 is 0 Å². The van der Waals surface area contributed by atoms with Gasteiger partial charge in [-0.05, 0) is 50.4 Å². The minimum Gasteiger partial charge on any atom is -0.451 e. The van der Waals surface area contributed by atoms with E-state index in [1.54, 1.807) is 0 Å². The molecule has 1 atom stereocenters. The zero-order valence-corrected chi connectivity index (χ0v) is 14.7. The Labute approximate surface area is 148 Å². The van der Waals surface area contributed by atoms with Crippen LogP contribution in [0, 0.1) is 5.92 Å². The summed E-state index contributed by atoms with van der Waals surface area (Å²) in [6.07, 6.45) is 3.43. The highest BCUT2D eigenvalue weighted by molar-refractivity contribution is 5.96. The molecule has 5 heteroatoms. The fourth-order valence-corrected chi connectivity index (χ4v) is 3.82. The van der Waals surface area contributed by atoms with Gasteiger partial charge < -0.3 is 19.0 Å². The molecular formula is C20H26N2O3. The molecule has 2 saturated heterocycles. The number of amides is 1. The second-order valence-electron chi connectivity index (χ2n) is 7.15. The lowest BCUT2D eigenvalue weighted by Crippen LogP contribution is -2.35. The highest BCUT2D eigenvalue weighted by atomic mass is 16.5. The van der Waals surface area contributed by atoms with E-state index in [9.17, 15) is 4.79 Å². The number of benzene rings is 1. The van der Waals surface area contributed by atoms with Crippen molar-refractivity contribution in [1.29, 1.82) is 0 Å². The number of carbonyl (C=O) groups is 1. The van der Waals surface area contributed by atoms with E-state index in [4.69, 9.17) is 9.15 Å². The standard InChI is InChI=1S/C20H26N2O3/c23-20(19-14-17-4-1-2-5-18(17)25-19)22-9-3-8-21(11-12-22)10-6-16-7-13-24-15-16/h1-2,4-5,14,16H,3,6-13,15H2. The van der Waals surface area contributed by atoms with E-state index in [-0.39, 0.29) is 5.91 Å². The van der Waals surface area contributed by atoms with Gasteiger partial charge in [0, 0.05) is 38.2 Å². The van der Waals surface area contributed by atoms with Crippen LogP contribution in [0.15, 0.2) is 34.7 Å². The van der Waals surface area contributed by atoms with E-state index in [2.05, 4.69) is 4.90 Å². The molecule has 3 heterocycles. The third-order valence-corrected chi connectivity index (χ3v) is 5.39. The average Bonchev–Trinajstić information content (AvgIpc) is 3.24. The number of para-hydroxylation sites is 1. The van der Waals surface area contributed by atoms with Gasteiger partial charge in [-0.1, -0.05) is 18.2 Å². The molecule has 4 rings (SSSR count). The summed E-state index contributed by atoms with van der Waals surface area (Å²) in [6.45, 7) is 6.54. The van der Waals surface area contributed by atoms with Crippen LogP contribution in [0.2, 0.25) is 0 Å². The van der Waals surface area contributed by atoms with Gasteiger partial charge in [0.1, 0.15) is 5.58 Å². The quantitative estimate of drug-likeness (QED) is 0.857. The highest BCUT2D eigenvalue weighted by Crippen LogP contribution is 2.21. The summed E-state index contributed by atoms with van der Waals surface area (Å²) in [5, 5.41) is 0.987. The summed E-state index contributed by atoms with van der Waals surface area (Å²) in [5.74, 6) is 1.19. The van der Waals surface area contributed by atoms with Crippen LogP contribution in [0.4, 0.5) is 0 Å². The molecule has 1 aromatic carbocycles. The summed E-state index contributed by atoms with van der Waals surface area (Å²) in [4.78, 5) is 17.2. The van der Waals surface area contributed by atoms with Crippen molar-refractivity contribution >= 4 is 16.9 Å². The van der Waals surface area contributed by atoms with Gasteiger partial charge in [0.2, 0.25) is 0 Å². The number of carbonyl (C=O) groups excluding carboxylic acids is 1. The summed E-state index contributed by atoms with van der Waals surface area (Å²) < 4.78 is 11.2. The monoisotopic (exact) mass is 342 g/mol. The van der Waals surface area contributed by atoms with E-state index < -0.39 is 0 Å². The molecule has 134 valence electrons. The van der Waals surface area contributed by atoms with Crippen LogP contribution in [-0.2, 0) is 4.74 Å². The molecule has 2 aromatic rings. The SMILES string of the molecule is O=C(c1cc2ccccc2o1)N1CCCN(CCC2CCOC2)CC1. The van der Waals surface area contributed by atoms with E-state index in [0.29, 0.717) is 5.76 Å². The highest BCUT2D eigenvalue weighted by Gasteiger charge is 2.24. The normalized spacial score (nSPS) is 22.4. The molecule has 25 heavy (non-hydrogen) atoms. The first-order valence-electron chi connectivity index (χ1n) is 9.37. The van der Waals surface area contributed by atoms with Crippen LogP contribution in [0.3, 0.4) is 0 Å². The first-order valence-corrected chi connectivity index (χ1v) is 9.37. The van der Waals surface area contributed by atoms with Gasteiger partial charge in [0.15, 0.2) is 5.76 Å². The Hall–Kier alpha value is -1.85. The largest absolute Gasteiger partial charge is 0.451 e. The topological polar surface area (TPSA) is 45.9 Å². The summed E-state index contributed by atoms with van der Waals surface area (Å²) in [6, 6.07) is 9.64. The minimum atomic E-state index is 0.0160. The maximum absolute atomic E-state index is 12.8. The number of hydrogen-bond donors (Lipinski definition) is 0. The summed E-state index contributed by atoms with van der Waals surface area (Å²) in [7, 11) is 0. The van der Waals surface area contributed by atoms with E-state index in [1.807, 2.05) is 35.2 Å². The second-order valence-corrected chi connectivity index (χ2v) is 7.15. The summed E-state index contributed by atoms with van der Waals surface area (Å²) >= 11 is 0. The van der Waals surface area contributed by atoms with Gasteiger partial charge in [-0.25, -0.2) is 0 Å². The lowest BCUT2D eigenvalue weighted by molar-refractivity contribution is 0.0731. The average molecular weight is 342 g/mol. The van der Waals surface area contributed by atoms with Crippen molar-refractivity contribution in [3.05, 3.63) is 36.1 Å². The van der Waals surface area contributed by atoms with E-state index in [1.165, 1.54) is 12.8 Å². The molecule has 1 unspecified atom stereocenters. The molecule has 1 aromatic heterocycles. The van der Waals surface area contributed by atoms with Crippen LogP contribution < -0.4 is 0 Å². The Morgan fingerprint density at radius 2 is 2.08 bits per heavy atom. The zero-order valence-electron chi connectivity index (χ0n) is 14.7. The number of ether oxygens (including phenoxy) is 1. The molecule has 0 bridgehead atoms. The molecule has 0 aliphatic carbocycles. The maximum atomic E-state index is 12.8. The van der Waals surface area contributed by atoms with Crippen LogP contribution >= 0.6 is 0 Å². The number of rotatable bonds is 4. The fraction of sp³-hybridized carbons (Fsp3) is 0.550. The number of hydrogen-bond acceptors (Lipinski definition) is 4. The first-order chi connectivity index (χ1) is 12.3. The Balaban J connectivity index is 1.34. The predicted octanol–water partition coefficient (Wildman–Crippen LogP) is 3.01. The fourth-order valence-electron chi connectivity index (χ4n) is 3.82. The molecule has 2 aliphatic heterocycles. The maximum Gasteiger partial charge on any atom is 0.289 e. The van der Waals surface area contributed by atoms with Crippen LogP contribution in [0.25, 0.3) is 11.0 Å². The van der Waals surface area contributed by atoms with Gasteiger partial charge in [0.05, 0.1) is 0 Å². The second kappa shape index (κ2) is 7.58. The lowest BCUT2D eigenvalue weighted by atomic mass is 10.1. The van der Waals surface area contributed by atoms with Crippen molar-refractivity contribution in [3.63, 3.8) is 0 Å². The molecular weight excluding hydrogens is 316 g/mol. The van der Waals surface area contributed by atoms with Crippen molar-refractivity contribution in [2.24, 2.45) is 5.92 Å². The van der Waals surface area contributed by atoms with Gasteiger partial charge in [-0.3, -0.25) is 4.79 Å². The molecule has 0 radical (unpaired) electrons. The van der Waals surface area contributed by atoms with Crippen molar-refractivity contribution in [2.45, 2.75) is 19.3 Å². The number of fused-ring (bicyclic) bond motifs is 1. The zero-order chi connectivity index (χ0) is 17.1. The molecule has 1 amide bonds. The van der Waals surface area contributed by atoms with Crippen molar-refractivity contribution in [3.8, 4) is 0 Å². The third kappa shape index (κ3) is 3.88. The van der Waals surface area contributed by atoms with Crippen LogP contribution in [0.1, 0.15) is 29.8 Å². The lowest BCUT2D eigenvalue weighted by Gasteiger charge is -2.22. The molecule has 2 aliphatic rings. The van der Waals surface area contributed by atoms with Gasteiger partial charge in [0.25, 0.3) is 5.91 Å². The minimum absolute atomic E-state index is 0.0160. The van der Waals surface area contributed by atoms with Crippen LogP contribution in [-0.4, -0.2) is 61.6 Å². The summed E-state index contributed by atoms with van der Waals surface area (Å²) in [5.41, 5.74) is 0.779. The predicted molar refractivity (Wildman–Crippen MR) is 96.7 cm³/mol. The number of nitrogens with zero attached hydrogens (tertiary/aromatic N) is 2. The van der Waals surface area contributed by atoms with Gasteiger partial charge in [-0.2, -0.15) is 0 Å². The Kier molecular flexibility index (Phi) is 5.04. The molecule has 0 spiro atoms. The molecule has 2 fully saturated rings. The molecule has 0 N–H and O–H groups in total.